The summed E-state index contributed by atoms with van der Waals surface area (Å²) in [6.45, 7) is 4.17. The molecule has 1 rings (SSSR count). The maximum absolute atomic E-state index is 10.8. The van der Waals surface area contributed by atoms with Crippen LogP contribution in [0, 0.1) is 6.92 Å². The quantitative estimate of drug-likeness (QED) is 0.823. The van der Waals surface area contributed by atoms with Crippen molar-refractivity contribution >= 4 is 6.09 Å². The third kappa shape index (κ3) is 5.38. The Bertz CT molecular complexity index is 346. The Hall–Kier alpha value is -1.51. The number of hydrogen-bond acceptors (Lipinski definition) is 2. The van der Waals surface area contributed by atoms with Gasteiger partial charge in [-0.05, 0) is 18.9 Å². The first kappa shape index (κ1) is 13.6. The minimum absolute atomic E-state index is 0.102. The Kier molecular flexibility index (Phi) is 5.53. The summed E-state index contributed by atoms with van der Waals surface area (Å²) in [6.07, 6.45) is 2.96. The van der Waals surface area contributed by atoms with Crippen molar-refractivity contribution in [1.82, 2.24) is 0 Å². The van der Waals surface area contributed by atoms with E-state index in [1.807, 2.05) is 0 Å². The zero-order chi connectivity index (χ0) is 12.7. The number of carbonyl (C=O) groups excluding carboxylic acids is 1. The van der Waals surface area contributed by atoms with E-state index in [9.17, 15) is 4.79 Å². The molecule has 17 heavy (non-hydrogen) atoms. The second kappa shape index (κ2) is 6.94. The van der Waals surface area contributed by atoms with Crippen molar-refractivity contribution in [2.45, 2.75) is 45.6 Å². The van der Waals surface area contributed by atoms with Gasteiger partial charge in [0.05, 0.1) is 0 Å². The van der Waals surface area contributed by atoms with E-state index in [2.05, 4.69) is 38.1 Å². The molecule has 1 aromatic rings. The van der Waals surface area contributed by atoms with Crippen LogP contribution >= 0.6 is 0 Å². The van der Waals surface area contributed by atoms with Gasteiger partial charge in [0.15, 0.2) is 0 Å². The number of unbranched alkanes of at least 4 members (excludes halogenated alkanes) is 1. The molecule has 0 aliphatic rings. The fourth-order valence-electron chi connectivity index (χ4n) is 1.79. The van der Waals surface area contributed by atoms with E-state index in [4.69, 9.17) is 10.5 Å². The van der Waals surface area contributed by atoms with E-state index in [0.717, 1.165) is 25.7 Å². The molecule has 1 atom stereocenters. The number of hydrogen-bond donors (Lipinski definition) is 1. The standard InChI is InChI=1S/C14H21NO2/c1-3-4-5-13(17-14(15)16)10-12-8-6-11(2)7-9-12/h6-9,13H,3-5,10H2,1-2H3,(H2,15,16)/t13-/m0/s1. The van der Waals surface area contributed by atoms with E-state index in [1.165, 1.54) is 11.1 Å². The molecule has 2 N–H and O–H groups in total. The molecule has 0 heterocycles. The normalized spacial score (nSPS) is 12.1. The van der Waals surface area contributed by atoms with E-state index in [1.54, 1.807) is 0 Å². The molecule has 0 saturated carbocycles. The number of nitrogens with two attached hydrogens (primary N) is 1. The molecule has 0 aromatic heterocycles. The average Bonchev–Trinajstić information content (AvgIpc) is 2.28. The third-order valence-corrected chi connectivity index (χ3v) is 2.75. The van der Waals surface area contributed by atoms with Gasteiger partial charge in [-0.3, -0.25) is 0 Å². The van der Waals surface area contributed by atoms with Crippen LogP contribution in [0.5, 0.6) is 0 Å². The number of aryl methyl sites for hydroxylation is 1. The molecule has 0 bridgehead atoms. The molecule has 3 heteroatoms. The molecule has 94 valence electrons. The Morgan fingerprint density at radius 2 is 2.00 bits per heavy atom. The second-order valence-electron chi connectivity index (χ2n) is 4.39. The maximum Gasteiger partial charge on any atom is 0.404 e. The number of rotatable bonds is 6. The molecule has 0 aliphatic carbocycles. The van der Waals surface area contributed by atoms with Gasteiger partial charge < -0.3 is 10.5 Å². The minimum atomic E-state index is -0.682. The van der Waals surface area contributed by atoms with Gasteiger partial charge in [-0.1, -0.05) is 49.6 Å². The summed E-state index contributed by atoms with van der Waals surface area (Å²) >= 11 is 0. The fraction of sp³-hybridized carbons (Fsp3) is 0.500. The van der Waals surface area contributed by atoms with Crippen LogP contribution in [0.15, 0.2) is 24.3 Å². The lowest BCUT2D eigenvalue weighted by molar-refractivity contribution is 0.0997. The van der Waals surface area contributed by atoms with Crippen LogP contribution in [-0.4, -0.2) is 12.2 Å². The van der Waals surface area contributed by atoms with Gasteiger partial charge in [0.1, 0.15) is 6.10 Å². The molecule has 3 nitrogen and oxygen atoms in total. The Morgan fingerprint density at radius 3 is 2.53 bits per heavy atom. The Morgan fingerprint density at radius 1 is 1.35 bits per heavy atom. The zero-order valence-corrected chi connectivity index (χ0v) is 10.6. The summed E-state index contributed by atoms with van der Waals surface area (Å²) in [7, 11) is 0. The number of amides is 1. The molecular weight excluding hydrogens is 214 g/mol. The summed E-state index contributed by atoms with van der Waals surface area (Å²) in [5.41, 5.74) is 7.49. The topological polar surface area (TPSA) is 52.3 Å². The first-order chi connectivity index (χ1) is 8.11. The lowest BCUT2D eigenvalue weighted by Crippen LogP contribution is -2.24. The van der Waals surface area contributed by atoms with E-state index >= 15 is 0 Å². The van der Waals surface area contributed by atoms with Crippen molar-refractivity contribution in [2.24, 2.45) is 5.73 Å². The van der Waals surface area contributed by atoms with Crippen LogP contribution in [0.2, 0.25) is 0 Å². The smallest absolute Gasteiger partial charge is 0.404 e. The van der Waals surface area contributed by atoms with Gasteiger partial charge in [0, 0.05) is 6.42 Å². The third-order valence-electron chi connectivity index (χ3n) is 2.75. The molecule has 1 aromatic carbocycles. The average molecular weight is 235 g/mol. The minimum Gasteiger partial charge on any atom is -0.446 e. The van der Waals surface area contributed by atoms with Gasteiger partial charge in [-0.25, -0.2) is 4.79 Å². The van der Waals surface area contributed by atoms with E-state index < -0.39 is 6.09 Å². The van der Waals surface area contributed by atoms with Crippen molar-refractivity contribution in [3.05, 3.63) is 35.4 Å². The number of ether oxygens (including phenoxy) is 1. The van der Waals surface area contributed by atoms with Crippen LogP contribution in [0.3, 0.4) is 0 Å². The van der Waals surface area contributed by atoms with Crippen molar-refractivity contribution in [3.63, 3.8) is 0 Å². The summed E-state index contributed by atoms with van der Waals surface area (Å²) in [6, 6.07) is 8.27. The summed E-state index contributed by atoms with van der Waals surface area (Å²) in [5.74, 6) is 0. The van der Waals surface area contributed by atoms with Crippen LogP contribution in [0.1, 0.15) is 37.3 Å². The molecular formula is C14H21NO2. The maximum atomic E-state index is 10.8. The van der Waals surface area contributed by atoms with Crippen LogP contribution in [0.4, 0.5) is 4.79 Å². The highest BCUT2D eigenvalue weighted by molar-refractivity contribution is 5.64. The first-order valence-corrected chi connectivity index (χ1v) is 6.13. The van der Waals surface area contributed by atoms with Crippen molar-refractivity contribution in [3.8, 4) is 0 Å². The zero-order valence-electron chi connectivity index (χ0n) is 10.6. The Balaban J connectivity index is 2.57. The van der Waals surface area contributed by atoms with Crippen molar-refractivity contribution in [2.75, 3.05) is 0 Å². The number of carbonyl (C=O) groups is 1. The highest BCUT2D eigenvalue weighted by Crippen LogP contribution is 2.13. The van der Waals surface area contributed by atoms with Crippen LogP contribution < -0.4 is 5.73 Å². The summed E-state index contributed by atoms with van der Waals surface area (Å²) in [4.78, 5) is 10.8. The van der Waals surface area contributed by atoms with Gasteiger partial charge in [0.2, 0.25) is 0 Å². The number of benzene rings is 1. The largest absolute Gasteiger partial charge is 0.446 e. The van der Waals surface area contributed by atoms with Crippen LogP contribution in [0.25, 0.3) is 0 Å². The van der Waals surface area contributed by atoms with Gasteiger partial charge in [0.25, 0.3) is 0 Å². The molecule has 0 aliphatic heterocycles. The fourth-order valence-corrected chi connectivity index (χ4v) is 1.79. The summed E-state index contributed by atoms with van der Waals surface area (Å²) < 4.78 is 5.13. The monoisotopic (exact) mass is 235 g/mol. The summed E-state index contributed by atoms with van der Waals surface area (Å²) in [5, 5.41) is 0. The molecule has 0 spiro atoms. The lowest BCUT2D eigenvalue weighted by atomic mass is 10.0. The molecule has 0 saturated heterocycles. The second-order valence-corrected chi connectivity index (χ2v) is 4.39. The molecule has 0 unspecified atom stereocenters. The van der Waals surface area contributed by atoms with Crippen LogP contribution in [-0.2, 0) is 11.2 Å². The van der Waals surface area contributed by atoms with E-state index in [0.29, 0.717) is 0 Å². The molecule has 1 amide bonds. The van der Waals surface area contributed by atoms with E-state index in [-0.39, 0.29) is 6.10 Å². The van der Waals surface area contributed by atoms with Crippen molar-refractivity contribution in [1.29, 1.82) is 0 Å². The molecule has 0 radical (unpaired) electrons. The van der Waals surface area contributed by atoms with Crippen molar-refractivity contribution < 1.29 is 9.53 Å². The Labute approximate surface area is 103 Å². The molecule has 0 fully saturated rings. The number of primary amides is 1. The highest BCUT2D eigenvalue weighted by Gasteiger charge is 2.12. The lowest BCUT2D eigenvalue weighted by Gasteiger charge is -2.16. The predicted octanol–water partition coefficient (Wildman–Crippen LogP) is 3.19. The van der Waals surface area contributed by atoms with Gasteiger partial charge >= 0.3 is 6.09 Å². The van der Waals surface area contributed by atoms with Gasteiger partial charge in [-0.2, -0.15) is 0 Å². The highest BCUT2D eigenvalue weighted by atomic mass is 16.6. The first-order valence-electron chi connectivity index (χ1n) is 6.13. The SMILES string of the molecule is CCCC[C@@H](Cc1ccc(C)cc1)OC(N)=O. The predicted molar refractivity (Wildman–Crippen MR) is 68.9 cm³/mol. The van der Waals surface area contributed by atoms with Gasteiger partial charge in [-0.15, -0.1) is 0 Å².